The van der Waals surface area contributed by atoms with Crippen molar-refractivity contribution in [1.82, 2.24) is 10.6 Å². The highest BCUT2D eigenvalue weighted by molar-refractivity contribution is 5.94. The summed E-state index contributed by atoms with van der Waals surface area (Å²) in [5.41, 5.74) is 5.05. The maximum atomic E-state index is 10.6. The second kappa shape index (κ2) is 4.75. The monoisotopic (exact) mass is 145 g/mol. The Morgan fingerprint density at radius 3 is 2.50 bits per heavy atom. The standard InChI is InChI=1S/C5H11N3O2/c1-7-5(10)8-4(9)2-3-6/h2-3,6H2,1H3,(H2,7,8,9,10). The molecule has 4 N–H and O–H groups in total. The third-order valence-corrected chi connectivity index (χ3v) is 0.851. The Morgan fingerprint density at radius 2 is 2.10 bits per heavy atom. The number of hydrogen-bond donors (Lipinski definition) is 3. The molecular formula is C5H11N3O2. The van der Waals surface area contributed by atoms with Crippen LogP contribution in [0.4, 0.5) is 4.79 Å². The van der Waals surface area contributed by atoms with Gasteiger partial charge in [0.2, 0.25) is 5.91 Å². The lowest BCUT2D eigenvalue weighted by molar-refractivity contribution is -0.119. The molecule has 0 aliphatic heterocycles. The molecule has 0 fully saturated rings. The average Bonchev–Trinajstić information content (AvgIpc) is 1.88. The first-order valence-corrected chi connectivity index (χ1v) is 2.92. The number of nitrogens with two attached hydrogens (primary N) is 1. The Morgan fingerprint density at radius 1 is 1.50 bits per heavy atom. The Balaban J connectivity index is 3.47. The van der Waals surface area contributed by atoms with E-state index in [0.717, 1.165) is 0 Å². The van der Waals surface area contributed by atoms with E-state index in [1.165, 1.54) is 7.05 Å². The highest BCUT2D eigenvalue weighted by Gasteiger charge is 2.02. The van der Waals surface area contributed by atoms with Gasteiger partial charge in [0.05, 0.1) is 0 Å². The molecule has 0 aliphatic rings. The molecule has 5 heteroatoms. The van der Waals surface area contributed by atoms with Crippen molar-refractivity contribution in [2.75, 3.05) is 13.6 Å². The van der Waals surface area contributed by atoms with E-state index in [1.807, 2.05) is 0 Å². The van der Waals surface area contributed by atoms with E-state index in [0.29, 0.717) is 0 Å². The normalized spacial score (nSPS) is 8.60. The lowest BCUT2D eigenvalue weighted by atomic mass is 10.4. The predicted molar refractivity (Wildman–Crippen MR) is 36.3 cm³/mol. The second-order valence-electron chi connectivity index (χ2n) is 1.67. The fourth-order valence-electron chi connectivity index (χ4n) is 0.383. The van der Waals surface area contributed by atoms with Crippen molar-refractivity contribution in [2.45, 2.75) is 6.42 Å². The van der Waals surface area contributed by atoms with Crippen LogP contribution in [0.25, 0.3) is 0 Å². The van der Waals surface area contributed by atoms with Gasteiger partial charge in [-0.2, -0.15) is 0 Å². The number of carbonyl (C=O) groups is 2. The van der Waals surface area contributed by atoms with Crippen LogP contribution in [0.5, 0.6) is 0 Å². The van der Waals surface area contributed by atoms with Gasteiger partial charge in [-0.15, -0.1) is 0 Å². The first-order chi connectivity index (χ1) is 4.70. The van der Waals surface area contributed by atoms with Gasteiger partial charge in [0.25, 0.3) is 0 Å². The molecule has 0 saturated heterocycles. The quantitative estimate of drug-likeness (QED) is 0.456. The van der Waals surface area contributed by atoms with Crippen molar-refractivity contribution in [1.29, 1.82) is 0 Å². The molecule has 5 nitrogen and oxygen atoms in total. The van der Waals surface area contributed by atoms with E-state index in [2.05, 4.69) is 10.6 Å². The number of urea groups is 1. The van der Waals surface area contributed by atoms with Gasteiger partial charge < -0.3 is 11.1 Å². The molecule has 0 aliphatic carbocycles. The molecule has 0 aromatic carbocycles. The molecule has 0 saturated carbocycles. The Labute approximate surface area is 59.0 Å². The SMILES string of the molecule is CNC(=O)NC(=O)CCN. The van der Waals surface area contributed by atoms with Crippen LogP contribution in [0.15, 0.2) is 0 Å². The molecule has 0 atom stereocenters. The third-order valence-electron chi connectivity index (χ3n) is 0.851. The largest absolute Gasteiger partial charge is 0.341 e. The lowest BCUT2D eigenvalue weighted by Gasteiger charge is -1.99. The topological polar surface area (TPSA) is 84.2 Å². The first kappa shape index (κ1) is 8.90. The van der Waals surface area contributed by atoms with Gasteiger partial charge in [-0.3, -0.25) is 10.1 Å². The molecule has 0 spiro atoms. The molecule has 0 aromatic heterocycles. The van der Waals surface area contributed by atoms with Gasteiger partial charge in [-0.25, -0.2) is 4.79 Å². The van der Waals surface area contributed by atoms with Gasteiger partial charge in [-0.1, -0.05) is 0 Å². The molecule has 3 amide bonds. The minimum absolute atomic E-state index is 0.174. The van der Waals surface area contributed by atoms with Crippen LogP contribution < -0.4 is 16.4 Å². The molecular weight excluding hydrogens is 134 g/mol. The molecule has 58 valence electrons. The van der Waals surface area contributed by atoms with E-state index in [1.54, 1.807) is 0 Å². The van der Waals surface area contributed by atoms with Crippen LogP contribution in [0.3, 0.4) is 0 Å². The molecule has 10 heavy (non-hydrogen) atoms. The first-order valence-electron chi connectivity index (χ1n) is 2.92. The fourth-order valence-corrected chi connectivity index (χ4v) is 0.383. The zero-order valence-corrected chi connectivity index (χ0v) is 5.81. The van der Waals surface area contributed by atoms with Crippen LogP contribution in [0.2, 0.25) is 0 Å². The highest BCUT2D eigenvalue weighted by Crippen LogP contribution is 1.73. The smallest absolute Gasteiger partial charge is 0.321 e. The maximum Gasteiger partial charge on any atom is 0.321 e. The van der Waals surface area contributed by atoms with Crippen LogP contribution in [-0.2, 0) is 4.79 Å². The van der Waals surface area contributed by atoms with Crippen LogP contribution in [-0.4, -0.2) is 25.5 Å². The van der Waals surface area contributed by atoms with Gasteiger partial charge in [-0.05, 0) is 0 Å². The third kappa shape index (κ3) is 3.85. The second-order valence-corrected chi connectivity index (χ2v) is 1.67. The summed E-state index contributed by atoms with van der Waals surface area (Å²) in [5.74, 6) is -0.359. The summed E-state index contributed by atoms with van der Waals surface area (Å²) in [5, 5.41) is 4.30. The number of hydrogen-bond acceptors (Lipinski definition) is 3. The predicted octanol–water partition coefficient (Wildman–Crippen LogP) is -1.21. The fraction of sp³-hybridized carbons (Fsp3) is 0.600. The van der Waals surface area contributed by atoms with Crippen molar-refractivity contribution < 1.29 is 9.59 Å². The van der Waals surface area contributed by atoms with E-state index in [4.69, 9.17) is 5.73 Å². The van der Waals surface area contributed by atoms with Crippen molar-refractivity contribution in [3.8, 4) is 0 Å². The van der Waals surface area contributed by atoms with E-state index in [-0.39, 0.29) is 18.9 Å². The number of amides is 3. The van der Waals surface area contributed by atoms with Crippen LogP contribution in [0.1, 0.15) is 6.42 Å². The number of nitrogens with one attached hydrogen (secondary N) is 2. The van der Waals surface area contributed by atoms with Crippen molar-refractivity contribution in [2.24, 2.45) is 5.73 Å². The summed E-state index contributed by atoms with van der Waals surface area (Å²) in [4.78, 5) is 21.0. The van der Waals surface area contributed by atoms with Gasteiger partial charge in [0, 0.05) is 20.0 Å². The maximum absolute atomic E-state index is 10.6. The molecule has 0 radical (unpaired) electrons. The van der Waals surface area contributed by atoms with Gasteiger partial charge >= 0.3 is 6.03 Å². The zero-order valence-electron chi connectivity index (χ0n) is 5.81. The Hall–Kier alpha value is -1.10. The van der Waals surface area contributed by atoms with E-state index in [9.17, 15) is 9.59 Å². The minimum atomic E-state index is -0.501. The van der Waals surface area contributed by atoms with Crippen LogP contribution >= 0.6 is 0 Å². The van der Waals surface area contributed by atoms with Crippen molar-refractivity contribution in [3.63, 3.8) is 0 Å². The summed E-state index contributed by atoms with van der Waals surface area (Å²) in [6, 6.07) is -0.501. The molecule has 0 unspecified atom stereocenters. The van der Waals surface area contributed by atoms with Crippen molar-refractivity contribution in [3.05, 3.63) is 0 Å². The summed E-state index contributed by atoms with van der Waals surface area (Å²) >= 11 is 0. The number of imide groups is 1. The number of rotatable bonds is 2. The summed E-state index contributed by atoms with van der Waals surface area (Å²) in [7, 11) is 1.44. The Kier molecular flexibility index (Phi) is 4.23. The van der Waals surface area contributed by atoms with Crippen LogP contribution in [0, 0.1) is 0 Å². The lowest BCUT2D eigenvalue weighted by Crippen LogP contribution is -2.38. The zero-order chi connectivity index (χ0) is 7.98. The van der Waals surface area contributed by atoms with E-state index < -0.39 is 6.03 Å². The molecule has 0 bridgehead atoms. The average molecular weight is 145 g/mol. The molecule has 0 rings (SSSR count). The van der Waals surface area contributed by atoms with Crippen molar-refractivity contribution >= 4 is 11.9 Å². The highest BCUT2D eigenvalue weighted by atomic mass is 16.2. The minimum Gasteiger partial charge on any atom is -0.341 e. The van der Waals surface area contributed by atoms with Gasteiger partial charge in [0.15, 0.2) is 0 Å². The van der Waals surface area contributed by atoms with E-state index >= 15 is 0 Å². The number of carbonyl (C=O) groups excluding carboxylic acids is 2. The summed E-state index contributed by atoms with van der Waals surface area (Å²) in [6.45, 7) is 0.253. The van der Waals surface area contributed by atoms with Gasteiger partial charge in [0.1, 0.15) is 0 Å². The molecule has 0 aromatic rings. The Bertz CT molecular complexity index is 135. The summed E-state index contributed by atoms with van der Waals surface area (Å²) < 4.78 is 0. The summed E-state index contributed by atoms with van der Waals surface area (Å²) in [6.07, 6.45) is 0.174. The molecule has 0 heterocycles.